The number of halogens is 1. The van der Waals surface area contributed by atoms with Crippen LogP contribution in [-0.4, -0.2) is 23.5 Å². The number of rotatable bonds is 4. The molecule has 0 aliphatic rings. The average molecular weight is 261 g/mol. The summed E-state index contributed by atoms with van der Waals surface area (Å²) in [5.74, 6) is 0. The van der Waals surface area contributed by atoms with Crippen LogP contribution in [0.4, 0.5) is 0 Å². The van der Waals surface area contributed by atoms with Crippen molar-refractivity contribution < 1.29 is 8.85 Å². The molecular formula is C9H13BrO2Si. The van der Waals surface area contributed by atoms with Crippen molar-refractivity contribution in [3.05, 3.63) is 29.8 Å². The van der Waals surface area contributed by atoms with Crippen molar-refractivity contribution in [1.29, 1.82) is 0 Å². The Bertz CT molecular complexity index is 264. The van der Waals surface area contributed by atoms with E-state index in [1.807, 2.05) is 12.1 Å². The van der Waals surface area contributed by atoms with Crippen LogP contribution in [0.1, 0.15) is 5.56 Å². The van der Waals surface area contributed by atoms with Crippen molar-refractivity contribution in [2.75, 3.05) is 14.2 Å². The van der Waals surface area contributed by atoms with Gasteiger partial charge in [-0.25, -0.2) is 0 Å². The Morgan fingerprint density at radius 3 is 2.38 bits per heavy atom. The second-order valence-electron chi connectivity index (χ2n) is 2.64. The van der Waals surface area contributed by atoms with Crippen LogP contribution in [0.3, 0.4) is 0 Å². The van der Waals surface area contributed by atoms with E-state index in [2.05, 4.69) is 28.1 Å². The third-order valence-corrected chi connectivity index (χ3v) is 4.41. The molecule has 0 unspecified atom stereocenters. The Hall–Kier alpha value is -0.163. The predicted molar refractivity (Wildman–Crippen MR) is 59.9 cm³/mol. The van der Waals surface area contributed by atoms with Crippen molar-refractivity contribution in [2.24, 2.45) is 0 Å². The lowest BCUT2D eigenvalue weighted by atomic mass is 10.2. The first-order valence-electron chi connectivity index (χ1n) is 4.02. The minimum Gasteiger partial charge on any atom is -0.397 e. The van der Waals surface area contributed by atoms with E-state index in [1.165, 1.54) is 10.8 Å². The van der Waals surface area contributed by atoms with E-state index >= 15 is 0 Å². The van der Waals surface area contributed by atoms with Crippen LogP contribution < -0.4 is 5.19 Å². The van der Waals surface area contributed by atoms with Crippen molar-refractivity contribution in [3.63, 3.8) is 0 Å². The Kier molecular flexibility index (Phi) is 4.65. The van der Waals surface area contributed by atoms with Gasteiger partial charge in [0.25, 0.3) is 0 Å². The standard InChI is InChI=1S/C9H13BrO2Si/c1-11-13(12-2)9-6-4-3-5-8(9)7-10/h3-6,13H,7H2,1-2H3. The summed E-state index contributed by atoms with van der Waals surface area (Å²) in [7, 11) is 1.76. The zero-order valence-electron chi connectivity index (χ0n) is 7.79. The molecule has 0 atom stereocenters. The second-order valence-corrected chi connectivity index (χ2v) is 5.43. The van der Waals surface area contributed by atoms with Crippen molar-refractivity contribution in [2.45, 2.75) is 5.33 Å². The molecule has 1 rings (SSSR count). The van der Waals surface area contributed by atoms with Crippen LogP contribution in [0.2, 0.25) is 0 Å². The molecule has 4 heteroatoms. The van der Waals surface area contributed by atoms with Gasteiger partial charge in [0, 0.05) is 19.5 Å². The molecule has 0 fully saturated rings. The molecule has 2 nitrogen and oxygen atoms in total. The molecule has 13 heavy (non-hydrogen) atoms. The average Bonchev–Trinajstić information content (AvgIpc) is 2.20. The third kappa shape index (κ3) is 2.64. The Morgan fingerprint density at radius 2 is 1.85 bits per heavy atom. The van der Waals surface area contributed by atoms with Gasteiger partial charge in [0.05, 0.1) is 0 Å². The number of benzene rings is 1. The lowest BCUT2D eigenvalue weighted by Crippen LogP contribution is -2.36. The van der Waals surface area contributed by atoms with Crippen LogP contribution >= 0.6 is 15.9 Å². The summed E-state index contributed by atoms with van der Waals surface area (Å²) < 4.78 is 10.6. The second kappa shape index (κ2) is 5.54. The Labute approximate surface area is 88.8 Å². The molecule has 0 N–H and O–H groups in total. The van der Waals surface area contributed by atoms with Gasteiger partial charge in [-0.1, -0.05) is 40.2 Å². The lowest BCUT2D eigenvalue weighted by molar-refractivity contribution is 0.291. The summed E-state index contributed by atoms with van der Waals surface area (Å²) in [6.07, 6.45) is 0. The first-order chi connectivity index (χ1) is 6.33. The fraction of sp³-hybridized carbons (Fsp3) is 0.333. The Balaban J connectivity index is 2.96. The molecular weight excluding hydrogens is 248 g/mol. The third-order valence-electron chi connectivity index (χ3n) is 1.88. The molecule has 72 valence electrons. The summed E-state index contributed by atoms with van der Waals surface area (Å²) in [5, 5.41) is 2.06. The normalized spacial score (nSPS) is 10.8. The molecule has 0 radical (unpaired) electrons. The van der Waals surface area contributed by atoms with Gasteiger partial charge in [-0.2, -0.15) is 0 Å². The molecule has 0 spiro atoms. The summed E-state index contributed by atoms with van der Waals surface area (Å²) in [4.78, 5) is 0. The highest BCUT2D eigenvalue weighted by atomic mass is 79.9. The topological polar surface area (TPSA) is 18.5 Å². The largest absolute Gasteiger partial charge is 0.397 e. The van der Waals surface area contributed by atoms with E-state index in [4.69, 9.17) is 8.85 Å². The molecule has 0 saturated carbocycles. The highest BCUT2D eigenvalue weighted by Gasteiger charge is 2.15. The van der Waals surface area contributed by atoms with E-state index in [9.17, 15) is 0 Å². The molecule has 0 aliphatic heterocycles. The monoisotopic (exact) mass is 260 g/mol. The fourth-order valence-corrected chi connectivity index (χ4v) is 3.52. The van der Waals surface area contributed by atoms with Crippen molar-refractivity contribution in [1.82, 2.24) is 0 Å². The minimum absolute atomic E-state index is 0.847. The maximum atomic E-state index is 5.32. The first kappa shape index (κ1) is 10.9. The number of hydrogen-bond acceptors (Lipinski definition) is 2. The highest BCUT2D eigenvalue weighted by Crippen LogP contribution is 2.04. The molecule has 0 aromatic heterocycles. The molecule has 1 aromatic carbocycles. The number of hydrogen-bond donors (Lipinski definition) is 0. The van der Waals surface area contributed by atoms with Gasteiger partial charge in [-0.05, 0) is 10.8 Å². The maximum absolute atomic E-state index is 5.32. The molecule has 0 heterocycles. The molecule has 0 aliphatic carbocycles. The fourth-order valence-electron chi connectivity index (χ4n) is 1.24. The van der Waals surface area contributed by atoms with Gasteiger partial charge in [-0.15, -0.1) is 0 Å². The van der Waals surface area contributed by atoms with E-state index in [0.717, 1.165) is 5.33 Å². The van der Waals surface area contributed by atoms with E-state index in [1.54, 1.807) is 14.2 Å². The molecule has 0 bridgehead atoms. The van der Waals surface area contributed by atoms with E-state index in [-0.39, 0.29) is 0 Å². The van der Waals surface area contributed by atoms with Crippen LogP contribution in [0, 0.1) is 0 Å². The van der Waals surface area contributed by atoms with Gasteiger partial charge < -0.3 is 8.85 Å². The van der Waals surface area contributed by atoms with Crippen LogP contribution in [0.5, 0.6) is 0 Å². The van der Waals surface area contributed by atoms with Gasteiger partial charge >= 0.3 is 9.28 Å². The SMILES string of the molecule is CO[SiH](OC)c1ccccc1CBr. The van der Waals surface area contributed by atoms with Gasteiger partial charge in [0.2, 0.25) is 0 Å². The van der Waals surface area contributed by atoms with E-state index in [0.29, 0.717) is 0 Å². The van der Waals surface area contributed by atoms with Crippen molar-refractivity contribution in [3.8, 4) is 0 Å². The predicted octanol–water partition coefficient (Wildman–Crippen LogP) is 1.30. The van der Waals surface area contributed by atoms with E-state index < -0.39 is 9.28 Å². The zero-order chi connectivity index (χ0) is 9.68. The summed E-state index contributed by atoms with van der Waals surface area (Å²) in [6.45, 7) is 0. The van der Waals surface area contributed by atoms with Gasteiger partial charge in [0.15, 0.2) is 0 Å². The first-order valence-corrected chi connectivity index (χ1v) is 6.67. The zero-order valence-corrected chi connectivity index (χ0v) is 10.5. The summed E-state index contributed by atoms with van der Waals surface area (Å²) >= 11 is 3.45. The quantitative estimate of drug-likeness (QED) is 0.601. The lowest BCUT2D eigenvalue weighted by Gasteiger charge is -2.13. The number of alkyl halides is 1. The molecule has 0 saturated heterocycles. The van der Waals surface area contributed by atoms with Crippen LogP contribution in [-0.2, 0) is 14.2 Å². The molecule has 0 amide bonds. The van der Waals surface area contributed by atoms with Gasteiger partial charge in [-0.3, -0.25) is 0 Å². The highest BCUT2D eigenvalue weighted by molar-refractivity contribution is 9.08. The molecule has 1 aromatic rings. The van der Waals surface area contributed by atoms with Crippen LogP contribution in [0.15, 0.2) is 24.3 Å². The summed E-state index contributed by atoms with van der Waals surface area (Å²) in [6, 6.07) is 8.19. The summed E-state index contributed by atoms with van der Waals surface area (Å²) in [5.41, 5.74) is 1.25. The Morgan fingerprint density at radius 1 is 1.23 bits per heavy atom. The van der Waals surface area contributed by atoms with Crippen LogP contribution in [0.25, 0.3) is 0 Å². The van der Waals surface area contributed by atoms with Crippen molar-refractivity contribution >= 4 is 30.4 Å². The smallest absolute Gasteiger partial charge is 0.355 e. The van der Waals surface area contributed by atoms with Gasteiger partial charge in [0.1, 0.15) is 0 Å². The minimum atomic E-state index is -1.64. The maximum Gasteiger partial charge on any atom is 0.355 e.